The highest BCUT2D eigenvalue weighted by Crippen LogP contribution is 2.32. The number of aromatic nitrogens is 3. The number of nitrogens with one attached hydrogen (secondary N) is 1. The van der Waals surface area contributed by atoms with Crippen molar-refractivity contribution in [3.8, 4) is 11.4 Å². The summed E-state index contributed by atoms with van der Waals surface area (Å²) in [4.78, 5) is 4.85. The van der Waals surface area contributed by atoms with E-state index >= 15 is 0 Å². The van der Waals surface area contributed by atoms with E-state index in [4.69, 9.17) is 0 Å². The van der Waals surface area contributed by atoms with Gasteiger partial charge < -0.3 is 0 Å². The smallest absolute Gasteiger partial charge is 0.181 e. The normalized spacial score (nSPS) is 16.6. The lowest BCUT2D eigenvalue weighted by Crippen LogP contribution is -1.96. The molecular weight excluding hydrogens is 274 g/mol. The van der Waals surface area contributed by atoms with Gasteiger partial charge in [0.05, 0.1) is 4.90 Å². The van der Waals surface area contributed by atoms with Crippen molar-refractivity contribution < 1.29 is 8.42 Å². The van der Waals surface area contributed by atoms with E-state index in [-0.39, 0.29) is 0 Å². The van der Waals surface area contributed by atoms with Crippen LogP contribution >= 0.6 is 0 Å². The minimum absolute atomic E-state index is 0.313. The Balaban J connectivity index is 1.86. The first-order valence-electron chi connectivity index (χ1n) is 6.77. The molecule has 0 radical (unpaired) electrons. The summed E-state index contributed by atoms with van der Waals surface area (Å²) in [6, 6.07) is 6.68. The fourth-order valence-electron chi connectivity index (χ4n) is 2.64. The molecule has 1 aliphatic rings. The van der Waals surface area contributed by atoms with Crippen LogP contribution in [0.4, 0.5) is 0 Å². The van der Waals surface area contributed by atoms with Gasteiger partial charge in [-0.1, -0.05) is 12.8 Å². The Bertz CT molecular complexity index is 698. The number of rotatable bonds is 3. The summed E-state index contributed by atoms with van der Waals surface area (Å²) in [6.45, 7) is 0. The Morgan fingerprint density at radius 1 is 1.15 bits per heavy atom. The summed E-state index contributed by atoms with van der Waals surface area (Å²) in [5.41, 5.74) is 0.831. The zero-order chi connectivity index (χ0) is 14.2. The third-order valence-corrected chi connectivity index (χ3v) is 4.91. The molecule has 0 spiro atoms. The first kappa shape index (κ1) is 13.3. The number of hydrogen-bond donors (Lipinski definition) is 1. The molecule has 0 unspecified atom stereocenters. The van der Waals surface area contributed by atoms with Crippen molar-refractivity contribution in [1.82, 2.24) is 15.2 Å². The second-order valence-electron chi connectivity index (χ2n) is 5.32. The molecule has 106 valence electrons. The molecule has 1 N–H and O–H groups in total. The number of hydrogen-bond acceptors (Lipinski definition) is 4. The quantitative estimate of drug-likeness (QED) is 0.942. The van der Waals surface area contributed by atoms with E-state index in [1.807, 2.05) is 0 Å². The second kappa shape index (κ2) is 5.01. The molecule has 0 saturated heterocycles. The Hall–Kier alpha value is -1.69. The van der Waals surface area contributed by atoms with Crippen molar-refractivity contribution in [2.75, 3.05) is 6.26 Å². The molecule has 1 aliphatic carbocycles. The van der Waals surface area contributed by atoms with Crippen LogP contribution in [-0.4, -0.2) is 29.9 Å². The van der Waals surface area contributed by atoms with Crippen molar-refractivity contribution in [3.63, 3.8) is 0 Å². The molecule has 2 aromatic rings. The van der Waals surface area contributed by atoms with Crippen molar-refractivity contribution in [3.05, 3.63) is 30.1 Å². The Labute approximate surface area is 118 Å². The van der Waals surface area contributed by atoms with E-state index < -0.39 is 9.84 Å². The molecule has 3 rings (SSSR count). The Morgan fingerprint density at radius 3 is 2.40 bits per heavy atom. The Kier molecular flexibility index (Phi) is 3.33. The number of aromatic amines is 1. The maximum absolute atomic E-state index is 11.4. The second-order valence-corrected chi connectivity index (χ2v) is 7.34. The van der Waals surface area contributed by atoms with E-state index in [1.54, 1.807) is 24.3 Å². The largest absolute Gasteiger partial charge is 0.262 e. The van der Waals surface area contributed by atoms with Crippen molar-refractivity contribution in [2.24, 2.45) is 0 Å². The highest BCUT2D eigenvalue weighted by molar-refractivity contribution is 7.90. The van der Waals surface area contributed by atoms with Gasteiger partial charge >= 0.3 is 0 Å². The van der Waals surface area contributed by atoms with Crippen molar-refractivity contribution in [2.45, 2.75) is 36.5 Å². The molecule has 0 amide bonds. The number of nitrogens with zero attached hydrogens (tertiary/aromatic N) is 2. The predicted octanol–water partition coefficient (Wildman–Crippen LogP) is 2.53. The van der Waals surface area contributed by atoms with Crippen LogP contribution in [0, 0.1) is 0 Å². The van der Waals surface area contributed by atoms with E-state index in [0.717, 1.165) is 11.4 Å². The maximum atomic E-state index is 11.4. The van der Waals surface area contributed by atoms with Crippen LogP contribution in [0.25, 0.3) is 11.4 Å². The van der Waals surface area contributed by atoms with E-state index in [9.17, 15) is 8.42 Å². The van der Waals surface area contributed by atoms with E-state index in [2.05, 4.69) is 15.2 Å². The van der Waals surface area contributed by atoms with Gasteiger partial charge in [-0.2, -0.15) is 5.10 Å². The average molecular weight is 291 g/mol. The van der Waals surface area contributed by atoms with Gasteiger partial charge in [-0.05, 0) is 37.1 Å². The van der Waals surface area contributed by atoms with Crippen LogP contribution in [0.3, 0.4) is 0 Å². The van der Waals surface area contributed by atoms with Crippen LogP contribution in [0.2, 0.25) is 0 Å². The summed E-state index contributed by atoms with van der Waals surface area (Å²) in [5.74, 6) is 2.07. The molecule has 1 saturated carbocycles. The molecule has 5 nitrogen and oxygen atoms in total. The van der Waals surface area contributed by atoms with E-state index in [0.29, 0.717) is 16.6 Å². The van der Waals surface area contributed by atoms with Crippen molar-refractivity contribution >= 4 is 9.84 Å². The minimum atomic E-state index is -3.16. The summed E-state index contributed by atoms with van der Waals surface area (Å²) in [7, 11) is -3.16. The SMILES string of the molecule is CS(=O)(=O)c1ccc(-c2n[nH]c(C3CCCC3)n2)cc1. The molecule has 1 heterocycles. The van der Waals surface area contributed by atoms with Gasteiger partial charge in [0.25, 0.3) is 0 Å². The van der Waals surface area contributed by atoms with Gasteiger partial charge in [0.2, 0.25) is 0 Å². The molecule has 20 heavy (non-hydrogen) atoms. The topological polar surface area (TPSA) is 75.7 Å². The third kappa shape index (κ3) is 2.60. The summed E-state index contributed by atoms with van der Waals surface area (Å²) >= 11 is 0. The molecular formula is C14H17N3O2S. The predicted molar refractivity (Wildman–Crippen MR) is 76.1 cm³/mol. The maximum Gasteiger partial charge on any atom is 0.181 e. The summed E-state index contributed by atoms with van der Waals surface area (Å²) in [5, 5.41) is 7.25. The fourth-order valence-corrected chi connectivity index (χ4v) is 3.27. The number of sulfone groups is 1. The highest BCUT2D eigenvalue weighted by atomic mass is 32.2. The number of H-pyrrole nitrogens is 1. The minimum Gasteiger partial charge on any atom is -0.262 e. The molecule has 1 aromatic carbocycles. The monoisotopic (exact) mass is 291 g/mol. The molecule has 0 aliphatic heterocycles. The third-order valence-electron chi connectivity index (χ3n) is 3.79. The summed E-state index contributed by atoms with van der Waals surface area (Å²) in [6.07, 6.45) is 6.05. The van der Waals surface area contributed by atoms with Gasteiger partial charge in [-0.15, -0.1) is 0 Å². The standard InChI is InChI=1S/C14H17N3O2S/c1-20(18,19)12-8-6-11(7-9-12)14-15-13(16-17-14)10-4-2-3-5-10/h6-10H,2-5H2,1H3,(H,15,16,17). The zero-order valence-corrected chi connectivity index (χ0v) is 12.2. The van der Waals surface area contributed by atoms with Crippen LogP contribution in [0.5, 0.6) is 0 Å². The van der Waals surface area contributed by atoms with Gasteiger partial charge in [-0.25, -0.2) is 13.4 Å². The molecule has 0 atom stereocenters. The molecule has 0 bridgehead atoms. The van der Waals surface area contributed by atoms with Crippen LogP contribution < -0.4 is 0 Å². The van der Waals surface area contributed by atoms with E-state index in [1.165, 1.54) is 31.9 Å². The van der Waals surface area contributed by atoms with Gasteiger partial charge in [0.1, 0.15) is 5.82 Å². The lowest BCUT2D eigenvalue weighted by atomic mass is 10.1. The molecule has 6 heteroatoms. The lowest BCUT2D eigenvalue weighted by molar-refractivity contribution is 0.602. The van der Waals surface area contributed by atoms with Gasteiger partial charge in [-0.3, -0.25) is 5.10 Å². The average Bonchev–Trinajstić information content (AvgIpc) is 3.09. The fraction of sp³-hybridized carbons (Fsp3) is 0.429. The van der Waals surface area contributed by atoms with Crippen molar-refractivity contribution in [1.29, 1.82) is 0 Å². The first-order valence-corrected chi connectivity index (χ1v) is 8.66. The van der Waals surface area contributed by atoms with Crippen LogP contribution in [0.1, 0.15) is 37.4 Å². The van der Waals surface area contributed by atoms with Crippen LogP contribution in [0.15, 0.2) is 29.2 Å². The van der Waals surface area contributed by atoms with Gasteiger partial charge in [0, 0.05) is 17.7 Å². The zero-order valence-electron chi connectivity index (χ0n) is 11.3. The Morgan fingerprint density at radius 2 is 1.80 bits per heavy atom. The summed E-state index contributed by atoms with van der Waals surface area (Å²) < 4.78 is 22.8. The van der Waals surface area contributed by atoms with Crippen LogP contribution in [-0.2, 0) is 9.84 Å². The lowest BCUT2D eigenvalue weighted by Gasteiger charge is -2.02. The first-order chi connectivity index (χ1) is 9.54. The molecule has 1 aromatic heterocycles. The number of benzene rings is 1. The highest BCUT2D eigenvalue weighted by Gasteiger charge is 2.21. The van der Waals surface area contributed by atoms with Gasteiger partial charge in [0.15, 0.2) is 15.7 Å². The molecule has 1 fully saturated rings.